The molecule has 18 heavy (non-hydrogen) atoms. The minimum absolute atomic E-state index is 0.273. The first-order valence-corrected chi connectivity index (χ1v) is 6.15. The molecule has 1 amide bonds. The number of carbonyl (C=O) groups excluding carboxylic acids is 2. The van der Waals surface area contributed by atoms with Crippen LogP contribution in [-0.4, -0.2) is 18.4 Å². The van der Waals surface area contributed by atoms with Crippen molar-refractivity contribution in [2.24, 2.45) is 0 Å². The van der Waals surface area contributed by atoms with Gasteiger partial charge in [0.2, 0.25) is 6.10 Å². The molecule has 98 valence electrons. The van der Waals surface area contributed by atoms with Crippen LogP contribution < -0.4 is 5.32 Å². The van der Waals surface area contributed by atoms with E-state index in [2.05, 4.69) is 5.32 Å². The molecule has 1 rings (SSSR count). The summed E-state index contributed by atoms with van der Waals surface area (Å²) in [6.45, 7) is 3.95. The third kappa shape index (κ3) is 4.57. The molecule has 0 saturated carbocycles. The summed E-state index contributed by atoms with van der Waals surface area (Å²) in [4.78, 5) is 23.0. The Hall–Kier alpha value is -1.84. The van der Waals surface area contributed by atoms with Crippen LogP contribution in [0, 0.1) is 0 Å². The van der Waals surface area contributed by atoms with Crippen LogP contribution in [0.1, 0.15) is 38.4 Å². The molecule has 0 spiro atoms. The molecule has 1 aromatic carbocycles. The Balaban J connectivity index is 2.72. The van der Waals surface area contributed by atoms with Gasteiger partial charge in [-0.25, -0.2) is 0 Å². The van der Waals surface area contributed by atoms with Gasteiger partial charge in [0.15, 0.2) is 0 Å². The van der Waals surface area contributed by atoms with Gasteiger partial charge < -0.3 is 10.1 Å². The number of hydrogen-bond donors (Lipinski definition) is 1. The van der Waals surface area contributed by atoms with E-state index in [-0.39, 0.29) is 5.91 Å². The highest BCUT2D eigenvalue weighted by Gasteiger charge is 2.22. The largest absolute Gasteiger partial charge is 0.447 e. The smallest absolute Gasteiger partial charge is 0.303 e. The highest BCUT2D eigenvalue weighted by atomic mass is 16.5. The molecule has 1 aromatic rings. The summed E-state index contributed by atoms with van der Waals surface area (Å²) in [5, 5.41) is 2.77. The van der Waals surface area contributed by atoms with Crippen LogP contribution in [0.25, 0.3) is 0 Å². The fourth-order valence-electron chi connectivity index (χ4n) is 1.55. The normalized spacial score (nSPS) is 11.7. The molecule has 0 aromatic heterocycles. The number of hydrogen-bond acceptors (Lipinski definition) is 3. The summed E-state index contributed by atoms with van der Waals surface area (Å²) >= 11 is 0. The van der Waals surface area contributed by atoms with Crippen molar-refractivity contribution >= 4 is 11.9 Å². The first-order valence-electron chi connectivity index (χ1n) is 6.15. The van der Waals surface area contributed by atoms with E-state index < -0.39 is 12.1 Å². The summed E-state index contributed by atoms with van der Waals surface area (Å²) in [5.74, 6) is -0.737. The second-order valence-corrected chi connectivity index (χ2v) is 4.04. The van der Waals surface area contributed by atoms with E-state index in [0.29, 0.717) is 12.1 Å². The molecule has 4 nitrogen and oxygen atoms in total. The molecule has 4 heteroatoms. The maximum atomic E-state index is 12.0. The quantitative estimate of drug-likeness (QED) is 0.621. The standard InChI is InChI=1S/C14H19NO3/c1-3-4-10-15-14(17)13(18-11(2)16)12-8-6-5-7-9-12/h5-9,13H,3-4,10H2,1-2H3,(H,15,17). The summed E-state index contributed by atoms with van der Waals surface area (Å²) in [6.07, 6.45) is 1.05. The molecule has 0 aliphatic carbocycles. The maximum absolute atomic E-state index is 12.0. The summed E-state index contributed by atoms with van der Waals surface area (Å²) < 4.78 is 5.08. The third-order valence-electron chi connectivity index (χ3n) is 2.45. The van der Waals surface area contributed by atoms with Crippen molar-refractivity contribution in [1.82, 2.24) is 5.32 Å². The molecule has 0 bridgehead atoms. The van der Waals surface area contributed by atoms with Crippen LogP contribution in [0.2, 0.25) is 0 Å². The van der Waals surface area contributed by atoms with Crippen LogP contribution in [0.4, 0.5) is 0 Å². The predicted octanol–water partition coefficient (Wildman–Crippen LogP) is 2.21. The van der Waals surface area contributed by atoms with Crippen molar-refractivity contribution in [3.05, 3.63) is 35.9 Å². The van der Waals surface area contributed by atoms with Crippen molar-refractivity contribution in [3.63, 3.8) is 0 Å². The molecular weight excluding hydrogens is 230 g/mol. The van der Waals surface area contributed by atoms with Crippen LogP contribution in [0.15, 0.2) is 30.3 Å². The second-order valence-electron chi connectivity index (χ2n) is 4.04. The zero-order chi connectivity index (χ0) is 13.4. The van der Waals surface area contributed by atoms with E-state index >= 15 is 0 Å². The highest BCUT2D eigenvalue weighted by molar-refractivity contribution is 5.84. The lowest BCUT2D eigenvalue weighted by atomic mass is 10.1. The molecule has 0 radical (unpaired) electrons. The molecule has 0 aliphatic heterocycles. The average molecular weight is 249 g/mol. The number of nitrogens with one attached hydrogen (secondary N) is 1. The monoisotopic (exact) mass is 249 g/mol. The van der Waals surface area contributed by atoms with E-state index in [0.717, 1.165) is 12.8 Å². The van der Waals surface area contributed by atoms with Crippen molar-refractivity contribution in [1.29, 1.82) is 0 Å². The third-order valence-corrected chi connectivity index (χ3v) is 2.45. The lowest BCUT2D eigenvalue weighted by molar-refractivity contribution is -0.154. The van der Waals surface area contributed by atoms with Gasteiger partial charge in [0, 0.05) is 19.0 Å². The van der Waals surface area contributed by atoms with Crippen molar-refractivity contribution in [2.45, 2.75) is 32.8 Å². The lowest BCUT2D eigenvalue weighted by Gasteiger charge is -2.16. The Morgan fingerprint density at radius 3 is 2.50 bits per heavy atom. The number of ether oxygens (including phenoxy) is 1. The Morgan fingerprint density at radius 2 is 1.94 bits per heavy atom. The lowest BCUT2D eigenvalue weighted by Crippen LogP contribution is -2.32. The molecule has 0 heterocycles. The summed E-state index contributed by atoms with van der Waals surface area (Å²) in [6, 6.07) is 9.01. The molecule has 1 N–H and O–H groups in total. The topological polar surface area (TPSA) is 55.4 Å². The Bertz CT molecular complexity index is 389. The Kier molecular flexibility index (Phi) is 5.91. The SMILES string of the molecule is CCCCNC(=O)C(OC(C)=O)c1ccccc1. The van der Waals surface area contributed by atoms with Gasteiger partial charge in [0.25, 0.3) is 5.91 Å². The van der Waals surface area contributed by atoms with E-state index in [9.17, 15) is 9.59 Å². The van der Waals surface area contributed by atoms with Crippen LogP contribution >= 0.6 is 0 Å². The predicted molar refractivity (Wildman–Crippen MR) is 68.9 cm³/mol. The van der Waals surface area contributed by atoms with Gasteiger partial charge >= 0.3 is 5.97 Å². The fourth-order valence-corrected chi connectivity index (χ4v) is 1.55. The second kappa shape index (κ2) is 7.48. The molecule has 1 atom stereocenters. The average Bonchev–Trinajstić information content (AvgIpc) is 2.37. The van der Waals surface area contributed by atoms with Gasteiger partial charge in [-0.1, -0.05) is 43.7 Å². The summed E-state index contributed by atoms with van der Waals surface area (Å²) in [7, 11) is 0. The molecule has 0 saturated heterocycles. The molecule has 0 aliphatic rings. The number of carbonyl (C=O) groups is 2. The summed E-state index contributed by atoms with van der Waals surface area (Å²) in [5.41, 5.74) is 0.682. The van der Waals surface area contributed by atoms with Gasteiger partial charge in [0.05, 0.1) is 0 Å². The Labute approximate surface area is 107 Å². The number of unbranched alkanes of at least 4 members (excludes halogenated alkanes) is 1. The van der Waals surface area contributed by atoms with Crippen molar-refractivity contribution in [3.8, 4) is 0 Å². The first kappa shape index (κ1) is 14.2. The van der Waals surface area contributed by atoms with Crippen LogP contribution in [0.3, 0.4) is 0 Å². The molecule has 1 unspecified atom stereocenters. The van der Waals surface area contributed by atoms with Gasteiger partial charge in [0.1, 0.15) is 0 Å². The molecular formula is C14H19NO3. The van der Waals surface area contributed by atoms with Gasteiger partial charge in [-0.3, -0.25) is 9.59 Å². The number of rotatable bonds is 6. The Morgan fingerprint density at radius 1 is 1.28 bits per heavy atom. The number of esters is 1. The fraction of sp³-hybridized carbons (Fsp3) is 0.429. The van der Waals surface area contributed by atoms with E-state index in [1.807, 2.05) is 25.1 Å². The van der Waals surface area contributed by atoms with Crippen molar-refractivity contribution < 1.29 is 14.3 Å². The number of benzene rings is 1. The van der Waals surface area contributed by atoms with Gasteiger partial charge in [-0.2, -0.15) is 0 Å². The zero-order valence-electron chi connectivity index (χ0n) is 10.8. The van der Waals surface area contributed by atoms with Crippen LogP contribution in [-0.2, 0) is 14.3 Å². The zero-order valence-corrected chi connectivity index (χ0v) is 10.8. The van der Waals surface area contributed by atoms with Crippen molar-refractivity contribution in [2.75, 3.05) is 6.54 Å². The highest BCUT2D eigenvalue weighted by Crippen LogP contribution is 2.17. The van der Waals surface area contributed by atoms with Gasteiger partial charge in [-0.15, -0.1) is 0 Å². The van der Waals surface area contributed by atoms with E-state index in [4.69, 9.17) is 4.74 Å². The number of amides is 1. The van der Waals surface area contributed by atoms with E-state index in [1.165, 1.54) is 6.92 Å². The molecule has 0 fully saturated rings. The minimum atomic E-state index is -0.861. The minimum Gasteiger partial charge on any atom is -0.447 e. The van der Waals surface area contributed by atoms with Gasteiger partial charge in [-0.05, 0) is 6.42 Å². The van der Waals surface area contributed by atoms with Crippen LogP contribution in [0.5, 0.6) is 0 Å². The first-order chi connectivity index (χ1) is 8.65. The maximum Gasteiger partial charge on any atom is 0.303 e. The van der Waals surface area contributed by atoms with E-state index in [1.54, 1.807) is 12.1 Å².